The van der Waals surface area contributed by atoms with Gasteiger partial charge in [-0.1, -0.05) is 29.3 Å². The second-order valence-corrected chi connectivity index (χ2v) is 6.58. The third-order valence-electron chi connectivity index (χ3n) is 2.62. The van der Waals surface area contributed by atoms with Crippen molar-refractivity contribution in [2.45, 2.75) is 11.4 Å². The van der Waals surface area contributed by atoms with Crippen LogP contribution >= 0.6 is 23.2 Å². The normalized spacial score (nSPS) is 11.3. The standard InChI is InChI=1S/C13H12Cl2N2O2S/c14-10-2-4-11(5-3-10)17-20(18,19)13-7-9(8-16)1-6-12(13)15/h1-7,17H,8,16H2. The molecule has 2 aromatic carbocycles. The van der Waals surface area contributed by atoms with Gasteiger partial charge in [-0.3, -0.25) is 4.72 Å². The first-order chi connectivity index (χ1) is 9.42. The van der Waals surface area contributed by atoms with Crippen LogP contribution in [0.15, 0.2) is 47.4 Å². The number of benzene rings is 2. The first-order valence-corrected chi connectivity index (χ1v) is 7.93. The molecular weight excluding hydrogens is 319 g/mol. The van der Waals surface area contributed by atoms with E-state index in [4.69, 9.17) is 28.9 Å². The first kappa shape index (κ1) is 15.1. The van der Waals surface area contributed by atoms with E-state index in [1.54, 1.807) is 30.3 Å². The minimum Gasteiger partial charge on any atom is -0.326 e. The molecule has 0 atom stereocenters. The third-order valence-corrected chi connectivity index (χ3v) is 4.73. The van der Waals surface area contributed by atoms with E-state index in [0.29, 0.717) is 16.3 Å². The Labute approximate surface area is 127 Å². The van der Waals surface area contributed by atoms with Crippen LogP contribution in [0.3, 0.4) is 0 Å². The molecule has 20 heavy (non-hydrogen) atoms. The summed E-state index contributed by atoms with van der Waals surface area (Å²) in [5.41, 5.74) is 6.60. The molecule has 0 unspecified atom stereocenters. The van der Waals surface area contributed by atoms with Crippen molar-refractivity contribution in [3.8, 4) is 0 Å². The van der Waals surface area contributed by atoms with Gasteiger partial charge in [-0.25, -0.2) is 8.42 Å². The van der Waals surface area contributed by atoms with E-state index in [1.165, 1.54) is 12.1 Å². The lowest BCUT2D eigenvalue weighted by Crippen LogP contribution is -2.14. The van der Waals surface area contributed by atoms with Crippen LogP contribution in [-0.4, -0.2) is 8.42 Å². The Kier molecular flexibility index (Phi) is 4.55. The second kappa shape index (κ2) is 6.01. The maximum absolute atomic E-state index is 12.3. The smallest absolute Gasteiger partial charge is 0.263 e. The van der Waals surface area contributed by atoms with Crippen LogP contribution in [0.4, 0.5) is 5.69 Å². The van der Waals surface area contributed by atoms with Crippen molar-refractivity contribution < 1.29 is 8.42 Å². The van der Waals surface area contributed by atoms with Crippen molar-refractivity contribution in [1.29, 1.82) is 0 Å². The SMILES string of the molecule is NCc1ccc(Cl)c(S(=O)(=O)Nc2ccc(Cl)cc2)c1. The van der Waals surface area contributed by atoms with Crippen molar-refractivity contribution in [2.75, 3.05) is 4.72 Å². The Balaban J connectivity index is 2.37. The lowest BCUT2D eigenvalue weighted by molar-refractivity contribution is 0.601. The Morgan fingerprint density at radius 1 is 1.05 bits per heavy atom. The molecule has 0 saturated carbocycles. The topological polar surface area (TPSA) is 72.2 Å². The molecule has 7 heteroatoms. The maximum atomic E-state index is 12.3. The van der Waals surface area contributed by atoms with Gasteiger partial charge in [0.25, 0.3) is 10.0 Å². The number of sulfonamides is 1. The predicted octanol–water partition coefficient (Wildman–Crippen LogP) is 3.25. The molecule has 0 heterocycles. The molecule has 3 N–H and O–H groups in total. The summed E-state index contributed by atoms with van der Waals surface area (Å²) >= 11 is 11.7. The van der Waals surface area contributed by atoms with E-state index in [1.807, 2.05) is 0 Å². The van der Waals surface area contributed by atoms with E-state index in [-0.39, 0.29) is 16.5 Å². The van der Waals surface area contributed by atoms with Crippen molar-refractivity contribution >= 4 is 38.9 Å². The fourth-order valence-electron chi connectivity index (χ4n) is 1.61. The average Bonchev–Trinajstić information content (AvgIpc) is 2.41. The molecule has 0 aliphatic rings. The lowest BCUT2D eigenvalue weighted by atomic mass is 10.2. The summed E-state index contributed by atoms with van der Waals surface area (Å²) in [6.45, 7) is 0.237. The highest BCUT2D eigenvalue weighted by Crippen LogP contribution is 2.25. The quantitative estimate of drug-likeness (QED) is 0.903. The monoisotopic (exact) mass is 330 g/mol. The molecule has 0 fully saturated rings. The van der Waals surface area contributed by atoms with Gasteiger partial charge in [-0.2, -0.15) is 0 Å². The lowest BCUT2D eigenvalue weighted by Gasteiger charge is -2.10. The van der Waals surface area contributed by atoms with E-state index in [9.17, 15) is 8.42 Å². The fourth-order valence-corrected chi connectivity index (χ4v) is 3.34. The number of nitrogens with two attached hydrogens (primary N) is 1. The van der Waals surface area contributed by atoms with Gasteiger partial charge in [0, 0.05) is 17.3 Å². The number of rotatable bonds is 4. The Morgan fingerprint density at radius 3 is 2.30 bits per heavy atom. The van der Waals surface area contributed by atoms with Gasteiger partial charge < -0.3 is 5.73 Å². The maximum Gasteiger partial charge on any atom is 0.263 e. The molecule has 2 rings (SSSR count). The van der Waals surface area contributed by atoms with Gasteiger partial charge in [-0.15, -0.1) is 0 Å². The zero-order valence-electron chi connectivity index (χ0n) is 10.3. The molecule has 0 radical (unpaired) electrons. The van der Waals surface area contributed by atoms with Crippen LogP contribution in [0.25, 0.3) is 0 Å². The van der Waals surface area contributed by atoms with E-state index in [0.717, 1.165) is 0 Å². The molecule has 4 nitrogen and oxygen atoms in total. The van der Waals surface area contributed by atoms with Crippen LogP contribution in [-0.2, 0) is 16.6 Å². The van der Waals surface area contributed by atoms with Crippen LogP contribution in [0.1, 0.15) is 5.56 Å². The summed E-state index contributed by atoms with van der Waals surface area (Å²) in [4.78, 5) is -0.00272. The minimum absolute atomic E-state index is 0.00272. The first-order valence-electron chi connectivity index (χ1n) is 5.69. The zero-order valence-corrected chi connectivity index (χ0v) is 12.6. The molecule has 0 aromatic heterocycles. The molecule has 0 aliphatic heterocycles. The number of hydrogen-bond donors (Lipinski definition) is 2. The van der Waals surface area contributed by atoms with Crippen molar-refractivity contribution in [3.63, 3.8) is 0 Å². The van der Waals surface area contributed by atoms with Gasteiger partial charge >= 0.3 is 0 Å². The van der Waals surface area contributed by atoms with Gasteiger partial charge in [-0.05, 0) is 42.0 Å². The van der Waals surface area contributed by atoms with Crippen LogP contribution in [0, 0.1) is 0 Å². The summed E-state index contributed by atoms with van der Waals surface area (Å²) in [6.07, 6.45) is 0. The van der Waals surface area contributed by atoms with Crippen LogP contribution in [0.2, 0.25) is 10.0 Å². The van der Waals surface area contributed by atoms with Gasteiger partial charge in [0.2, 0.25) is 0 Å². The largest absolute Gasteiger partial charge is 0.326 e. The number of halogens is 2. The summed E-state index contributed by atoms with van der Waals surface area (Å²) in [5.74, 6) is 0. The molecule has 0 bridgehead atoms. The second-order valence-electron chi connectivity index (χ2n) is 4.08. The zero-order chi connectivity index (χ0) is 14.8. The molecule has 106 valence electrons. The highest BCUT2D eigenvalue weighted by Gasteiger charge is 2.18. The molecule has 0 spiro atoms. The van der Waals surface area contributed by atoms with E-state index < -0.39 is 10.0 Å². The Bertz CT molecular complexity index is 716. The molecule has 2 aromatic rings. The Hall–Kier alpha value is -1.27. The molecule has 0 amide bonds. The number of hydrogen-bond acceptors (Lipinski definition) is 3. The number of anilines is 1. The van der Waals surface area contributed by atoms with Gasteiger partial charge in [0.1, 0.15) is 4.90 Å². The average molecular weight is 331 g/mol. The highest BCUT2D eigenvalue weighted by atomic mass is 35.5. The predicted molar refractivity (Wildman–Crippen MR) is 81.6 cm³/mol. The molecule has 0 aliphatic carbocycles. The van der Waals surface area contributed by atoms with Gasteiger partial charge in [0.15, 0.2) is 0 Å². The van der Waals surface area contributed by atoms with Crippen molar-refractivity contribution in [1.82, 2.24) is 0 Å². The van der Waals surface area contributed by atoms with Crippen LogP contribution < -0.4 is 10.5 Å². The minimum atomic E-state index is -3.77. The summed E-state index contributed by atoms with van der Waals surface area (Å²) in [5, 5.41) is 0.666. The van der Waals surface area contributed by atoms with Crippen molar-refractivity contribution in [3.05, 3.63) is 58.1 Å². The van der Waals surface area contributed by atoms with Crippen molar-refractivity contribution in [2.24, 2.45) is 5.73 Å². The summed E-state index contributed by atoms with van der Waals surface area (Å²) in [6, 6.07) is 11.0. The fraction of sp³-hybridized carbons (Fsp3) is 0.0769. The van der Waals surface area contributed by atoms with E-state index in [2.05, 4.69) is 4.72 Å². The summed E-state index contributed by atoms with van der Waals surface area (Å²) in [7, 11) is -3.77. The van der Waals surface area contributed by atoms with Gasteiger partial charge in [0.05, 0.1) is 5.02 Å². The number of nitrogens with one attached hydrogen (secondary N) is 1. The molecular formula is C13H12Cl2N2O2S. The van der Waals surface area contributed by atoms with E-state index >= 15 is 0 Å². The highest BCUT2D eigenvalue weighted by molar-refractivity contribution is 7.92. The summed E-state index contributed by atoms with van der Waals surface area (Å²) < 4.78 is 27.1. The third kappa shape index (κ3) is 3.43. The molecule has 0 saturated heterocycles. The van der Waals surface area contributed by atoms with Crippen LogP contribution in [0.5, 0.6) is 0 Å². The Morgan fingerprint density at radius 2 is 1.70 bits per heavy atom.